The lowest BCUT2D eigenvalue weighted by Gasteiger charge is -2.31. The maximum atomic E-state index is 10.8. The molecule has 3 heteroatoms. The van der Waals surface area contributed by atoms with Crippen molar-refractivity contribution in [2.24, 2.45) is 5.92 Å². The van der Waals surface area contributed by atoms with Crippen LogP contribution in [0.4, 0.5) is 0 Å². The maximum absolute atomic E-state index is 10.8. The van der Waals surface area contributed by atoms with E-state index >= 15 is 0 Å². The van der Waals surface area contributed by atoms with E-state index in [1.54, 1.807) is 0 Å². The second-order valence-corrected chi connectivity index (χ2v) is 4.50. The standard InChI is InChI=1S/C14H18O3/c1-14(16-9-10-17-14)13(7-8-15)11-12-5-3-2-4-6-12/h2-6,8,13H,7,9-11H2,1H3. The van der Waals surface area contributed by atoms with Gasteiger partial charge in [0.25, 0.3) is 0 Å². The number of hydrogen-bond acceptors (Lipinski definition) is 3. The van der Waals surface area contributed by atoms with Crippen LogP contribution < -0.4 is 0 Å². The van der Waals surface area contributed by atoms with Crippen LogP contribution in [0.25, 0.3) is 0 Å². The van der Waals surface area contributed by atoms with Crippen LogP contribution in [0.2, 0.25) is 0 Å². The molecule has 1 unspecified atom stereocenters. The molecular weight excluding hydrogens is 216 g/mol. The summed E-state index contributed by atoms with van der Waals surface area (Å²) < 4.78 is 11.3. The van der Waals surface area contributed by atoms with Crippen molar-refractivity contribution < 1.29 is 14.3 Å². The van der Waals surface area contributed by atoms with Gasteiger partial charge in [-0.25, -0.2) is 0 Å². The largest absolute Gasteiger partial charge is 0.348 e. The fourth-order valence-electron chi connectivity index (χ4n) is 2.26. The van der Waals surface area contributed by atoms with Crippen LogP contribution in [0.3, 0.4) is 0 Å². The zero-order valence-electron chi connectivity index (χ0n) is 10.1. The number of hydrogen-bond donors (Lipinski definition) is 0. The topological polar surface area (TPSA) is 35.5 Å². The SMILES string of the molecule is CC1(C(CC=O)Cc2ccccc2)OCCO1. The molecule has 1 saturated heterocycles. The summed E-state index contributed by atoms with van der Waals surface area (Å²) in [6.45, 7) is 3.15. The Morgan fingerprint density at radius 3 is 2.53 bits per heavy atom. The first-order chi connectivity index (χ1) is 8.24. The van der Waals surface area contributed by atoms with Crippen molar-refractivity contribution in [1.82, 2.24) is 0 Å². The monoisotopic (exact) mass is 234 g/mol. The number of carbonyl (C=O) groups excluding carboxylic acids is 1. The summed E-state index contributed by atoms with van der Waals surface area (Å²) in [5.41, 5.74) is 1.21. The Labute approximate surface area is 102 Å². The van der Waals surface area contributed by atoms with Gasteiger partial charge in [0.2, 0.25) is 0 Å². The van der Waals surface area contributed by atoms with E-state index < -0.39 is 5.79 Å². The van der Waals surface area contributed by atoms with Gasteiger partial charge in [0.15, 0.2) is 5.79 Å². The molecule has 0 spiro atoms. The van der Waals surface area contributed by atoms with Gasteiger partial charge >= 0.3 is 0 Å². The number of rotatable bonds is 5. The van der Waals surface area contributed by atoms with E-state index in [0.29, 0.717) is 19.6 Å². The van der Waals surface area contributed by atoms with Gasteiger partial charge < -0.3 is 14.3 Å². The first-order valence-electron chi connectivity index (χ1n) is 6.00. The molecule has 0 aromatic heterocycles. The maximum Gasteiger partial charge on any atom is 0.169 e. The lowest BCUT2D eigenvalue weighted by Crippen LogP contribution is -2.37. The highest BCUT2D eigenvalue weighted by Gasteiger charge is 2.39. The molecule has 1 aromatic rings. The molecule has 1 atom stereocenters. The van der Waals surface area contributed by atoms with Crippen molar-refractivity contribution in [3.05, 3.63) is 35.9 Å². The van der Waals surface area contributed by atoms with Crippen LogP contribution in [0.15, 0.2) is 30.3 Å². The highest BCUT2D eigenvalue weighted by molar-refractivity contribution is 5.50. The van der Waals surface area contributed by atoms with Crippen LogP contribution >= 0.6 is 0 Å². The average molecular weight is 234 g/mol. The fraction of sp³-hybridized carbons (Fsp3) is 0.500. The molecule has 3 nitrogen and oxygen atoms in total. The van der Waals surface area contributed by atoms with E-state index in [2.05, 4.69) is 12.1 Å². The Morgan fingerprint density at radius 1 is 1.29 bits per heavy atom. The third-order valence-corrected chi connectivity index (χ3v) is 3.31. The molecule has 0 saturated carbocycles. The van der Waals surface area contributed by atoms with Crippen molar-refractivity contribution in [2.45, 2.75) is 25.6 Å². The molecule has 1 fully saturated rings. The normalized spacial score (nSPS) is 20.1. The van der Waals surface area contributed by atoms with Crippen LogP contribution in [-0.4, -0.2) is 25.3 Å². The molecule has 0 radical (unpaired) electrons. The Kier molecular flexibility index (Phi) is 3.92. The first kappa shape index (κ1) is 12.3. The Hall–Kier alpha value is -1.19. The minimum absolute atomic E-state index is 0.0740. The minimum Gasteiger partial charge on any atom is -0.348 e. The zero-order chi connectivity index (χ0) is 12.1. The molecule has 1 aliphatic rings. The van der Waals surface area contributed by atoms with Crippen molar-refractivity contribution in [2.75, 3.05) is 13.2 Å². The van der Waals surface area contributed by atoms with Crippen molar-refractivity contribution in [1.29, 1.82) is 0 Å². The molecule has 92 valence electrons. The van der Waals surface area contributed by atoms with Gasteiger partial charge in [0.1, 0.15) is 6.29 Å². The zero-order valence-corrected chi connectivity index (χ0v) is 10.1. The Bertz CT molecular complexity index is 355. The molecular formula is C14H18O3. The molecule has 1 aromatic carbocycles. The first-order valence-corrected chi connectivity index (χ1v) is 6.00. The van der Waals surface area contributed by atoms with Crippen molar-refractivity contribution >= 4 is 6.29 Å². The van der Waals surface area contributed by atoms with Crippen LogP contribution in [-0.2, 0) is 20.7 Å². The molecule has 2 rings (SSSR count). The van der Waals surface area contributed by atoms with E-state index in [9.17, 15) is 4.79 Å². The molecule has 1 aliphatic heterocycles. The van der Waals surface area contributed by atoms with Crippen LogP contribution in [0.1, 0.15) is 18.9 Å². The second kappa shape index (κ2) is 5.43. The third-order valence-electron chi connectivity index (χ3n) is 3.31. The van der Waals surface area contributed by atoms with Gasteiger partial charge in [0, 0.05) is 12.3 Å². The lowest BCUT2D eigenvalue weighted by atomic mass is 9.89. The van der Waals surface area contributed by atoms with Crippen LogP contribution in [0, 0.1) is 5.92 Å². The van der Waals surface area contributed by atoms with E-state index in [4.69, 9.17) is 9.47 Å². The van der Waals surface area contributed by atoms with E-state index in [1.165, 1.54) is 5.56 Å². The number of benzene rings is 1. The average Bonchev–Trinajstić information content (AvgIpc) is 2.78. The fourth-order valence-corrected chi connectivity index (χ4v) is 2.26. The minimum atomic E-state index is -0.614. The van der Waals surface area contributed by atoms with Gasteiger partial charge in [0.05, 0.1) is 13.2 Å². The summed E-state index contributed by atoms with van der Waals surface area (Å²) in [4.78, 5) is 10.8. The highest BCUT2D eigenvalue weighted by Crippen LogP contribution is 2.32. The predicted octanol–water partition coefficient (Wildman–Crippen LogP) is 2.20. The molecule has 0 bridgehead atoms. The van der Waals surface area contributed by atoms with Gasteiger partial charge in [-0.15, -0.1) is 0 Å². The summed E-state index contributed by atoms with van der Waals surface area (Å²) in [6, 6.07) is 10.1. The van der Waals surface area contributed by atoms with Gasteiger partial charge in [-0.2, -0.15) is 0 Å². The summed E-state index contributed by atoms with van der Waals surface area (Å²) in [5, 5.41) is 0. The highest BCUT2D eigenvalue weighted by atomic mass is 16.7. The van der Waals surface area contributed by atoms with Gasteiger partial charge in [-0.05, 0) is 18.9 Å². The Morgan fingerprint density at radius 2 is 1.94 bits per heavy atom. The number of ether oxygens (including phenoxy) is 2. The molecule has 0 N–H and O–H groups in total. The van der Waals surface area contributed by atoms with E-state index in [-0.39, 0.29) is 5.92 Å². The summed E-state index contributed by atoms with van der Waals surface area (Å²) in [5.74, 6) is -0.540. The summed E-state index contributed by atoms with van der Waals surface area (Å²) in [6.07, 6.45) is 2.21. The number of aldehydes is 1. The summed E-state index contributed by atoms with van der Waals surface area (Å²) >= 11 is 0. The van der Waals surface area contributed by atoms with E-state index in [1.807, 2.05) is 25.1 Å². The molecule has 1 heterocycles. The quantitative estimate of drug-likeness (QED) is 0.733. The van der Waals surface area contributed by atoms with Crippen molar-refractivity contribution in [3.63, 3.8) is 0 Å². The van der Waals surface area contributed by atoms with Gasteiger partial charge in [-0.3, -0.25) is 0 Å². The smallest absolute Gasteiger partial charge is 0.169 e. The summed E-state index contributed by atoms with van der Waals surface area (Å²) in [7, 11) is 0. The molecule has 0 amide bonds. The Balaban J connectivity index is 2.09. The molecule has 17 heavy (non-hydrogen) atoms. The van der Waals surface area contributed by atoms with Crippen LogP contribution in [0.5, 0.6) is 0 Å². The number of carbonyl (C=O) groups is 1. The second-order valence-electron chi connectivity index (χ2n) is 4.50. The van der Waals surface area contributed by atoms with Gasteiger partial charge in [-0.1, -0.05) is 30.3 Å². The van der Waals surface area contributed by atoms with E-state index in [0.717, 1.165) is 12.7 Å². The third kappa shape index (κ3) is 2.93. The van der Waals surface area contributed by atoms with Crippen molar-refractivity contribution in [3.8, 4) is 0 Å². The predicted molar refractivity (Wildman–Crippen MR) is 64.6 cm³/mol. The lowest BCUT2D eigenvalue weighted by molar-refractivity contribution is -0.182. The molecule has 0 aliphatic carbocycles.